The third-order valence-electron chi connectivity index (χ3n) is 12.0. The predicted octanol–water partition coefficient (Wildman–Crippen LogP) is 6.47. The highest BCUT2D eigenvalue weighted by atomic mass is 19.3. The molecule has 286 valence electrons. The molecule has 10 nitrogen and oxygen atoms in total. The first-order valence-electron chi connectivity index (χ1n) is 18.7. The van der Waals surface area contributed by atoms with Crippen LogP contribution >= 0.6 is 0 Å². The largest absolute Gasteiger partial charge is 0.508 e. The van der Waals surface area contributed by atoms with Crippen LogP contribution in [0.25, 0.3) is 43.7 Å². The maximum Gasteiger partial charge on any atom is 0.319 e. The molecule has 0 radical (unpaired) electrons. The van der Waals surface area contributed by atoms with Crippen molar-refractivity contribution in [2.75, 3.05) is 64.5 Å². The molecule has 1 N–H and O–H groups in total. The molecule has 4 fully saturated rings. The Labute approximate surface area is 315 Å². The number of rotatable bonds is 7. The fourth-order valence-corrected chi connectivity index (χ4v) is 9.42. The first kappa shape index (κ1) is 35.7. The number of hydrogen-bond donors (Lipinski definition) is 1. The molecule has 14 heteroatoms. The summed E-state index contributed by atoms with van der Waals surface area (Å²) in [5.74, 6) is 1.74. The number of fused-ring (bicyclic) bond motifs is 6. The van der Waals surface area contributed by atoms with Crippen molar-refractivity contribution in [2.24, 2.45) is 18.4 Å². The predicted molar refractivity (Wildman–Crippen MR) is 201 cm³/mol. The van der Waals surface area contributed by atoms with Crippen LogP contribution in [0.4, 0.5) is 23.4 Å². The molecule has 9 rings (SSSR count). The van der Waals surface area contributed by atoms with Crippen LogP contribution in [0.2, 0.25) is 0 Å². The van der Waals surface area contributed by atoms with Crippen LogP contribution in [0.1, 0.15) is 31.7 Å². The van der Waals surface area contributed by atoms with Gasteiger partial charge in [-0.1, -0.05) is 18.9 Å². The van der Waals surface area contributed by atoms with Gasteiger partial charge < -0.3 is 24.4 Å². The van der Waals surface area contributed by atoms with Crippen molar-refractivity contribution in [3.05, 3.63) is 59.3 Å². The number of nitrogens with zero attached hydrogens (tertiary/aromatic N) is 7. The van der Waals surface area contributed by atoms with E-state index < -0.39 is 23.1 Å². The number of aromatic hydroxyl groups is 1. The quantitative estimate of drug-likeness (QED) is 0.148. The van der Waals surface area contributed by atoms with Gasteiger partial charge in [-0.3, -0.25) is 9.58 Å². The number of halogens is 4. The van der Waals surface area contributed by atoms with E-state index in [2.05, 4.69) is 20.7 Å². The van der Waals surface area contributed by atoms with Gasteiger partial charge in [0.25, 0.3) is 6.08 Å². The monoisotopic (exact) mass is 755 g/mol. The molecule has 4 aliphatic heterocycles. The molecule has 0 spiro atoms. The van der Waals surface area contributed by atoms with Crippen molar-refractivity contribution in [3.63, 3.8) is 0 Å². The molecule has 3 atom stereocenters. The lowest BCUT2D eigenvalue weighted by Crippen LogP contribution is -2.56. The molecule has 55 heavy (non-hydrogen) atoms. The maximum absolute atomic E-state index is 17.7. The number of phenolic OH excluding ortho intramolecular Hbond substituents is 1. The summed E-state index contributed by atoms with van der Waals surface area (Å²) in [6.07, 6.45) is 8.07. The minimum absolute atomic E-state index is 0.0222. The van der Waals surface area contributed by atoms with Crippen molar-refractivity contribution in [1.82, 2.24) is 29.5 Å². The summed E-state index contributed by atoms with van der Waals surface area (Å²) in [7, 11) is 3.60. The van der Waals surface area contributed by atoms with E-state index in [0.29, 0.717) is 54.1 Å². The smallest absolute Gasteiger partial charge is 0.319 e. The molecule has 0 amide bonds. The fraction of sp³-hybridized carbons (Fsp3) is 0.439. The van der Waals surface area contributed by atoms with Gasteiger partial charge in [-0.2, -0.15) is 23.8 Å². The zero-order chi connectivity index (χ0) is 38.3. The van der Waals surface area contributed by atoms with Gasteiger partial charge in [0.15, 0.2) is 5.82 Å². The molecule has 3 aromatic carbocycles. The number of benzene rings is 3. The Bertz CT molecular complexity index is 2440. The van der Waals surface area contributed by atoms with E-state index in [9.17, 15) is 13.9 Å². The average Bonchev–Trinajstić information content (AvgIpc) is 3.61. The van der Waals surface area contributed by atoms with E-state index in [1.807, 2.05) is 11.9 Å². The minimum Gasteiger partial charge on any atom is -0.508 e. The van der Waals surface area contributed by atoms with Crippen LogP contribution in [0, 0.1) is 35.3 Å². The summed E-state index contributed by atoms with van der Waals surface area (Å²) < 4.78 is 74.8. The van der Waals surface area contributed by atoms with E-state index in [1.54, 1.807) is 24.9 Å². The Morgan fingerprint density at radius 3 is 2.53 bits per heavy atom. The van der Waals surface area contributed by atoms with E-state index >= 15 is 8.78 Å². The van der Waals surface area contributed by atoms with Gasteiger partial charge >= 0.3 is 6.01 Å². The van der Waals surface area contributed by atoms with Crippen molar-refractivity contribution in [2.45, 2.75) is 38.3 Å². The number of ether oxygens (including phenoxy) is 2. The lowest BCUT2D eigenvalue weighted by atomic mass is 9.78. The summed E-state index contributed by atoms with van der Waals surface area (Å²) in [5.41, 5.74) is -0.819. The molecule has 0 saturated carbocycles. The van der Waals surface area contributed by atoms with Gasteiger partial charge in [0, 0.05) is 91.3 Å². The standard InChI is InChI=1S/C41H41F4N7O3/c1-5-27-31(42)9-6-23-12-26(53)13-28(32(23)27)33-35(43)37-34(29-17-50(4)48-36(29)33)39(51-15-24-7-8-25(16-51)52(24)14-22-18-54-19-22)47-40(46-37)55-21-41(2)20-49(3)11-10-30(41)38(44)45/h1,6,9,12-13,17,22,24-25,53H,7-8,10-11,14-16,18-21H2,2-4H3/t24?,25?,41-/m0/s1. The normalized spacial score (nSPS) is 23.5. The first-order chi connectivity index (χ1) is 26.4. The van der Waals surface area contributed by atoms with E-state index in [4.69, 9.17) is 26.0 Å². The van der Waals surface area contributed by atoms with Crippen molar-refractivity contribution < 1.29 is 32.1 Å². The van der Waals surface area contributed by atoms with E-state index in [-0.39, 0.29) is 75.6 Å². The SMILES string of the molecule is C#Cc1c(F)ccc2cc(O)cc(-c3c(F)c4nc(OC[C@]5(C)CN(C)CCC5=C(F)F)nc(N5CC6CCC(C5)N6CC5COC5)c4c4cn(C)nc34)c12. The summed E-state index contributed by atoms with van der Waals surface area (Å²) in [4.78, 5) is 16.3. The number of piperidine rings is 1. The van der Waals surface area contributed by atoms with Crippen LogP contribution in [0.15, 0.2) is 42.1 Å². The highest BCUT2D eigenvalue weighted by molar-refractivity contribution is 6.18. The molecule has 6 heterocycles. The van der Waals surface area contributed by atoms with Gasteiger partial charge in [-0.05, 0) is 55.5 Å². The number of terminal acetylenes is 1. The second kappa shape index (κ2) is 13.4. The average molecular weight is 756 g/mol. The summed E-state index contributed by atoms with van der Waals surface area (Å²) in [6, 6.07) is 5.82. The number of likely N-dealkylation sites (tertiary alicyclic amines) is 1. The number of hydrogen-bond acceptors (Lipinski definition) is 9. The number of piperazine rings is 1. The number of anilines is 1. The number of aryl methyl sites for hydroxylation is 1. The summed E-state index contributed by atoms with van der Waals surface area (Å²) in [5, 5.41) is 17.2. The van der Waals surface area contributed by atoms with Crippen LogP contribution in [0.5, 0.6) is 11.8 Å². The van der Waals surface area contributed by atoms with E-state index in [0.717, 1.165) is 32.6 Å². The second-order valence-electron chi connectivity index (χ2n) is 15.9. The minimum atomic E-state index is -1.73. The topological polar surface area (TPSA) is 92.0 Å². The van der Waals surface area contributed by atoms with Gasteiger partial charge in [0.05, 0.1) is 24.2 Å². The van der Waals surface area contributed by atoms with Crippen LogP contribution < -0.4 is 9.64 Å². The molecule has 2 bridgehead atoms. The molecule has 4 saturated heterocycles. The van der Waals surface area contributed by atoms with Crippen LogP contribution in [0.3, 0.4) is 0 Å². The van der Waals surface area contributed by atoms with Gasteiger partial charge in [0.1, 0.15) is 35.0 Å². The molecule has 2 unspecified atom stereocenters. The highest BCUT2D eigenvalue weighted by Crippen LogP contribution is 2.46. The van der Waals surface area contributed by atoms with Crippen LogP contribution in [-0.2, 0) is 11.8 Å². The molecular formula is C41H41F4N7O3. The Morgan fingerprint density at radius 1 is 1.07 bits per heavy atom. The zero-order valence-corrected chi connectivity index (χ0v) is 30.9. The summed E-state index contributed by atoms with van der Waals surface area (Å²) in [6.45, 7) is 6.13. The van der Waals surface area contributed by atoms with Crippen LogP contribution in [-0.4, -0.2) is 106 Å². The Hall–Kier alpha value is -4.97. The van der Waals surface area contributed by atoms with E-state index in [1.165, 1.54) is 24.3 Å². The zero-order valence-electron chi connectivity index (χ0n) is 30.9. The van der Waals surface area contributed by atoms with Crippen molar-refractivity contribution in [1.29, 1.82) is 0 Å². The number of phenols is 1. The fourth-order valence-electron chi connectivity index (χ4n) is 9.42. The lowest BCUT2D eigenvalue weighted by Gasteiger charge is -2.44. The first-order valence-corrected chi connectivity index (χ1v) is 18.7. The molecule has 2 aromatic heterocycles. The second-order valence-corrected chi connectivity index (χ2v) is 15.9. The van der Waals surface area contributed by atoms with Gasteiger partial charge in [-0.25, -0.2) is 8.78 Å². The maximum atomic E-state index is 17.7. The molecule has 0 aliphatic carbocycles. The molecule has 5 aromatic rings. The number of aromatic nitrogens is 4. The molecule has 4 aliphatic rings. The third kappa shape index (κ3) is 5.95. The third-order valence-corrected chi connectivity index (χ3v) is 12.0. The Balaban J connectivity index is 1.25. The van der Waals surface area contributed by atoms with Crippen molar-refractivity contribution >= 4 is 38.4 Å². The Morgan fingerprint density at radius 2 is 1.84 bits per heavy atom. The van der Waals surface area contributed by atoms with Gasteiger partial charge in [-0.15, -0.1) is 6.42 Å². The highest BCUT2D eigenvalue weighted by Gasteiger charge is 2.43. The van der Waals surface area contributed by atoms with Gasteiger partial charge in [0.2, 0.25) is 0 Å². The lowest BCUT2D eigenvalue weighted by molar-refractivity contribution is -0.0538. The summed E-state index contributed by atoms with van der Waals surface area (Å²) >= 11 is 0. The van der Waals surface area contributed by atoms with Crippen molar-refractivity contribution in [3.8, 4) is 35.2 Å². The Kier molecular flexibility index (Phi) is 8.67. The molecular weight excluding hydrogens is 714 g/mol.